The lowest BCUT2D eigenvalue weighted by atomic mass is 9.98. The second-order valence-corrected chi connectivity index (χ2v) is 3.85. The van der Waals surface area contributed by atoms with Gasteiger partial charge in [0.15, 0.2) is 0 Å². The predicted octanol–water partition coefficient (Wildman–Crippen LogP) is 1.85. The van der Waals surface area contributed by atoms with Gasteiger partial charge in [-0.3, -0.25) is 4.79 Å². The van der Waals surface area contributed by atoms with Gasteiger partial charge in [0.25, 0.3) is 0 Å². The highest BCUT2D eigenvalue weighted by molar-refractivity contribution is 9.09. The molecule has 0 aliphatic rings. The lowest BCUT2D eigenvalue weighted by molar-refractivity contribution is -0.115. The van der Waals surface area contributed by atoms with E-state index < -0.39 is 5.97 Å². The summed E-state index contributed by atoms with van der Waals surface area (Å²) in [5.41, 5.74) is 0.906. The van der Waals surface area contributed by atoms with Crippen LogP contribution in [0.1, 0.15) is 21.5 Å². The van der Waals surface area contributed by atoms with Gasteiger partial charge >= 0.3 is 5.97 Å². The Hall–Kier alpha value is -1.67. The van der Waals surface area contributed by atoms with E-state index in [4.69, 9.17) is 5.26 Å². The molecule has 0 atom stereocenters. The van der Waals surface area contributed by atoms with Gasteiger partial charge in [-0.1, -0.05) is 28.1 Å². The van der Waals surface area contributed by atoms with Crippen molar-refractivity contribution in [2.75, 3.05) is 12.4 Å². The summed E-state index contributed by atoms with van der Waals surface area (Å²) in [5.74, 6) is -0.662. The van der Waals surface area contributed by atoms with Crippen molar-refractivity contribution in [1.82, 2.24) is 0 Å². The summed E-state index contributed by atoms with van der Waals surface area (Å²) in [4.78, 5) is 22.9. The Kier molecular flexibility index (Phi) is 4.85. The lowest BCUT2D eigenvalue weighted by Gasteiger charge is -2.08. The largest absolute Gasteiger partial charge is 0.465 e. The number of rotatable bonds is 4. The molecule has 88 valence electrons. The van der Waals surface area contributed by atoms with E-state index in [0.717, 1.165) is 0 Å². The average molecular weight is 296 g/mol. The Labute approximate surface area is 107 Å². The van der Waals surface area contributed by atoms with E-state index in [1.54, 1.807) is 12.1 Å². The summed E-state index contributed by atoms with van der Waals surface area (Å²) in [6.45, 7) is 0. The molecule has 1 aromatic rings. The number of halogens is 1. The minimum Gasteiger partial charge on any atom is -0.465 e. The molecule has 0 N–H and O–H groups in total. The number of nitriles is 1. The number of hydrogen-bond acceptors (Lipinski definition) is 4. The molecule has 0 radical (unpaired) electrons. The van der Waals surface area contributed by atoms with Crippen molar-refractivity contribution in [2.24, 2.45) is 0 Å². The molecule has 1 aromatic carbocycles. The van der Waals surface area contributed by atoms with Crippen molar-refractivity contribution in [1.29, 1.82) is 5.26 Å². The number of methoxy groups -OCH3 is 1. The van der Waals surface area contributed by atoms with Crippen LogP contribution in [0, 0.1) is 11.3 Å². The lowest BCUT2D eigenvalue weighted by Crippen LogP contribution is -2.12. The van der Waals surface area contributed by atoms with Gasteiger partial charge in [0.1, 0.15) is 11.9 Å². The topological polar surface area (TPSA) is 67.2 Å². The number of nitrogens with zero attached hydrogens (tertiary/aromatic N) is 1. The second kappa shape index (κ2) is 6.16. The van der Waals surface area contributed by atoms with Crippen LogP contribution in [0.5, 0.6) is 0 Å². The molecule has 0 fully saturated rings. The minimum absolute atomic E-state index is 0.0646. The molecule has 0 bridgehead atoms. The Morgan fingerprint density at radius 2 is 2.18 bits per heavy atom. The molecule has 0 unspecified atom stereocenters. The number of Topliss-reactive ketones (excluding diaryl/α,β-unsaturated/α-hetero) is 1. The first-order valence-electron chi connectivity index (χ1n) is 4.82. The van der Waals surface area contributed by atoms with Gasteiger partial charge in [0.2, 0.25) is 0 Å². The van der Waals surface area contributed by atoms with Crippen molar-refractivity contribution in [3.63, 3.8) is 0 Å². The highest BCUT2D eigenvalue weighted by Gasteiger charge is 2.18. The first kappa shape index (κ1) is 13.4. The number of carbonyl (C=O) groups excluding carboxylic acids is 2. The molecule has 0 aromatic heterocycles. The quantitative estimate of drug-likeness (QED) is 0.628. The van der Waals surface area contributed by atoms with Gasteiger partial charge in [0, 0.05) is 6.42 Å². The number of benzene rings is 1. The number of esters is 1. The monoisotopic (exact) mass is 295 g/mol. The van der Waals surface area contributed by atoms with E-state index in [0.29, 0.717) is 5.56 Å². The molecule has 0 aliphatic heterocycles. The molecule has 5 heteroatoms. The van der Waals surface area contributed by atoms with Crippen LogP contribution >= 0.6 is 15.9 Å². The highest BCUT2D eigenvalue weighted by Crippen LogP contribution is 2.16. The summed E-state index contributed by atoms with van der Waals surface area (Å²) in [7, 11) is 1.24. The maximum absolute atomic E-state index is 11.6. The van der Waals surface area contributed by atoms with Gasteiger partial charge in [-0.05, 0) is 11.6 Å². The SMILES string of the molecule is COC(=O)c1c(C#N)cccc1CC(=O)CBr. The predicted molar refractivity (Wildman–Crippen MR) is 65.0 cm³/mol. The summed E-state index contributed by atoms with van der Waals surface area (Å²) < 4.78 is 4.62. The van der Waals surface area contributed by atoms with Crippen LogP contribution in [0.4, 0.5) is 0 Å². The van der Waals surface area contributed by atoms with Crippen LogP contribution < -0.4 is 0 Å². The van der Waals surface area contributed by atoms with Gasteiger partial charge in [-0.15, -0.1) is 0 Å². The molecule has 0 spiro atoms. The summed E-state index contributed by atoms with van der Waals surface area (Å²) in [5, 5.41) is 9.14. The molecule has 0 amide bonds. The van der Waals surface area contributed by atoms with Crippen LogP contribution in [0.2, 0.25) is 0 Å². The van der Waals surface area contributed by atoms with Gasteiger partial charge in [-0.2, -0.15) is 5.26 Å². The van der Waals surface area contributed by atoms with Gasteiger partial charge in [-0.25, -0.2) is 4.79 Å². The van der Waals surface area contributed by atoms with E-state index >= 15 is 0 Å². The van der Waals surface area contributed by atoms with E-state index in [2.05, 4.69) is 20.7 Å². The number of hydrogen-bond donors (Lipinski definition) is 0. The van der Waals surface area contributed by atoms with E-state index in [1.165, 1.54) is 13.2 Å². The van der Waals surface area contributed by atoms with Crippen LogP contribution in [0.3, 0.4) is 0 Å². The van der Waals surface area contributed by atoms with E-state index in [9.17, 15) is 9.59 Å². The highest BCUT2D eigenvalue weighted by atomic mass is 79.9. The first-order valence-corrected chi connectivity index (χ1v) is 5.94. The fourth-order valence-electron chi connectivity index (χ4n) is 1.44. The first-order chi connectivity index (χ1) is 8.13. The number of ether oxygens (including phenoxy) is 1. The summed E-state index contributed by atoms with van der Waals surface area (Å²) >= 11 is 3.06. The zero-order chi connectivity index (χ0) is 12.8. The molecule has 0 aliphatic carbocycles. The van der Waals surface area contributed by atoms with Crippen molar-refractivity contribution in [3.05, 3.63) is 34.9 Å². The van der Waals surface area contributed by atoms with Crippen LogP contribution in [-0.4, -0.2) is 24.2 Å². The van der Waals surface area contributed by atoms with Crippen molar-refractivity contribution < 1.29 is 14.3 Å². The maximum Gasteiger partial charge on any atom is 0.339 e. The third-order valence-corrected chi connectivity index (χ3v) is 2.82. The molecular formula is C12H10BrNO3. The second-order valence-electron chi connectivity index (χ2n) is 3.29. The molecule has 17 heavy (non-hydrogen) atoms. The van der Waals surface area contributed by atoms with Crippen molar-refractivity contribution in [2.45, 2.75) is 6.42 Å². The Morgan fingerprint density at radius 3 is 2.71 bits per heavy atom. The van der Waals surface area contributed by atoms with E-state index in [1.807, 2.05) is 6.07 Å². The summed E-state index contributed by atoms with van der Waals surface area (Å²) in [6, 6.07) is 6.73. The van der Waals surface area contributed by atoms with Crippen LogP contribution in [-0.2, 0) is 16.0 Å². The zero-order valence-corrected chi connectivity index (χ0v) is 10.8. The van der Waals surface area contributed by atoms with Gasteiger partial charge < -0.3 is 4.74 Å². The molecule has 4 nitrogen and oxygen atoms in total. The summed E-state index contributed by atoms with van der Waals surface area (Å²) in [6.07, 6.45) is 0.102. The van der Waals surface area contributed by atoms with Gasteiger partial charge in [0.05, 0.1) is 23.6 Å². The Morgan fingerprint density at radius 1 is 1.47 bits per heavy atom. The van der Waals surface area contributed by atoms with Crippen molar-refractivity contribution >= 4 is 27.7 Å². The fraction of sp³-hybridized carbons (Fsp3) is 0.250. The third kappa shape index (κ3) is 3.14. The molecular weight excluding hydrogens is 286 g/mol. The molecule has 0 saturated carbocycles. The Bertz CT molecular complexity index is 491. The Balaban J connectivity index is 3.25. The average Bonchev–Trinajstić information content (AvgIpc) is 2.37. The molecule has 1 rings (SSSR count). The number of carbonyl (C=O) groups is 2. The van der Waals surface area contributed by atoms with Crippen molar-refractivity contribution in [3.8, 4) is 6.07 Å². The normalized spacial score (nSPS) is 9.47. The minimum atomic E-state index is -0.598. The zero-order valence-electron chi connectivity index (χ0n) is 9.20. The number of alkyl halides is 1. The molecule has 0 heterocycles. The van der Waals surface area contributed by atoms with Crippen LogP contribution in [0.25, 0.3) is 0 Å². The smallest absolute Gasteiger partial charge is 0.339 e. The standard InChI is InChI=1S/C12H10BrNO3/c1-17-12(16)11-8(5-10(15)6-13)3-2-4-9(11)7-14/h2-4H,5-6H2,1H3. The third-order valence-electron chi connectivity index (χ3n) is 2.20. The fourth-order valence-corrected chi connectivity index (χ4v) is 1.64. The molecule has 0 saturated heterocycles. The van der Waals surface area contributed by atoms with E-state index in [-0.39, 0.29) is 28.7 Å². The maximum atomic E-state index is 11.6. The number of ketones is 1. The van der Waals surface area contributed by atoms with Crippen LogP contribution in [0.15, 0.2) is 18.2 Å².